The number of aliphatic hydroxyl groups is 1. The van der Waals surface area contributed by atoms with E-state index in [-0.39, 0.29) is 5.91 Å². The topological polar surface area (TPSA) is 97.1 Å². The number of benzene rings is 1. The number of carbonyl (C=O) groups excluding carboxylic acids is 2. The second kappa shape index (κ2) is 9.17. The molecule has 0 atom stereocenters. The van der Waals surface area contributed by atoms with E-state index in [1.54, 1.807) is 38.2 Å². The Balaban J connectivity index is 0.00000124. The van der Waals surface area contributed by atoms with Gasteiger partial charge in [-0.25, -0.2) is 0 Å². The van der Waals surface area contributed by atoms with Crippen molar-refractivity contribution in [2.24, 2.45) is 0 Å². The third kappa shape index (κ3) is 4.74. The third-order valence-corrected chi connectivity index (χ3v) is 5.42. The van der Waals surface area contributed by atoms with Gasteiger partial charge in [0.1, 0.15) is 12.5 Å². The van der Waals surface area contributed by atoms with Crippen molar-refractivity contribution in [1.29, 1.82) is 0 Å². The third-order valence-electron chi connectivity index (χ3n) is 5.42. The summed E-state index contributed by atoms with van der Waals surface area (Å²) in [7, 11) is 0. The molecule has 7 nitrogen and oxygen atoms in total. The molecule has 0 bridgehead atoms. The van der Waals surface area contributed by atoms with Crippen LogP contribution in [0.5, 0.6) is 0 Å². The fraction of sp³-hybridized carbons (Fsp3) is 0.391. The first-order chi connectivity index (χ1) is 14.4. The molecule has 0 aliphatic heterocycles. The van der Waals surface area contributed by atoms with E-state index < -0.39 is 5.60 Å². The number of hydrogen-bond donors (Lipinski definition) is 2. The van der Waals surface area contributed by atoms with Crippen molar-refractivity contribution in [2.45, 2.75) is 57.6 Å². The van der Waals surface area contributed by atoms with Gasteiger partial charge in [-0.1, -0.05) is 25.3 Å². The molecule has 1 fully saturated rings. The molecule has 1 amide bonds. The highest BCUT2D eigenvalue weighted by Gasteiger charge is 2.24. The van der Waals surface area contributed by atoms with Crippen molar-refractivity contribution in [3.8, 4) is 0 Å². The molecule has 1 aromatic carbocycles. The van der Waals surface area contributed by atoms with Gasteiger partial charge in [-0.2, -0.15) is 5.10 Å². The lowest BCUT2D eigenvalue weighted by Crippen LogP contribution is -2.21. The fourth-order valence-corrected chi connectivity index (χ4v) is 3.92. The molecule has 158 valence electrons. The number of hydrogen-bond acceptors (Lipinski definition) is 5. The van der Waals surface area contributed by atoms with Crippen LogP contribution >= 0.6 is 0 Å². The summed E-state index contributed by atoms with van der Waals surface area (Å²) in [5, 5.41) is 19.3. The molecule has 0 spiro atoms. The lowest BCUT2D eigenvalue weighted by Gasteiger charge is -2.22. The van der Waals surface area contributed by atoms with Crippen molar-refractivity contribution in [2.75, 3.05) is 5.32 Å². The summed E-state index contributed by atoms with van der Waals surface area (Å²) in [6, 6.07) is 9.41. The lowest BCUT2D eigenvalue weighted by molar-refractivity contribution is -0.0980. The highest BCUT2D eigenvalue weighted by Crippen LogP contribution is 2.34. The molecule has 2 aromatic heterocycles. The van der Waals surface area contributed by atoms with Crippen LogP contribution in [0.2, 0.25) is 0 Å². The van der Waals surface area contributed by atoms with Crippen LogP contribution in [0.15, 0.2) is 42.7 Å². The molecule has 4 rings (SSSR count). The van der Waals surface area contributed by atoms with Gasteiger partial charge in [0.2, 0.25) is 0 Å². The van der Waals surface area contributed by atoms with Crippen LogP contribution in [-0.2, 0) is 10.4 Å². The van der Waals surface area contributed by atoms with Gasteiger partial charge < -0.3 is 15.2 Å². The average molecular weight is 409 g/mol. The van der Waals surface area contributed by atoms with Gasteiger partial charge in [-0.05, 0) is 51.0 Å². The second-order valence-corrected chi connectivity index (χ2v) is 8.09. The van der Waals surface area contributed by atoms with E-state index in [4.69, 9.17) is 9.89 Å². The SMILES string of the molecule is C=O.CC(C)(O)c1cc2nn(C3CCCCC3)cc2cc1NC(=O)c1ccccn1. The molecule has 2 heterocycles. The Kier molecular flexibility index (Phi) is 6.62. The number of carbonyl (C=O) groups is 2. The first-order valence-electron chi connectivity index (χ1n) is 10.2. The predicted molar refractivity (Wildman–Crippen MR) is 116 cm³/mol. The summed E-state index contributed by atoms with van der Waals surface area (Å²) in [5.74, 6) is -0.301. The molecule has 0 saturated heterocycles. The number of rotatable bonds is 4. The predicted octanol–water partition coefficient (Wildman–Crippen LogP) is 4.23. The Morgan fingerprint density at radius 2 is 1.93 bits per heavy atom. The van der Waals surface area contributed by atoms with Gasteiger partial charge >= 0.3 is 0 Å². The normalized spacial score (nSPS) is 14.8. The van der Waals surface area contributed by atoms with E-state index in [0.717, 1.165) is 23.7 Å². The monoisotopic (exact) mass is 408 g/mol. The van der Waals surface area contributed by atoms with E-state index in [1.807, 2.05) is 18.9 Å². The van der Waals surface area contributed by atoms with Crippen LogP contribution in [0.4, 0.5) is 5.69 Å². The smallest absolute Gasteiger partial charge is 0.274 e. The molecule has 3 aromatic rings. The summed E-state index contributed by atoms with van der Waals surface area (Å²) in [6.07, 6.45) is 9.70. The van der Waals surface area contributed by atoms with E-state index in [9.17, 15) is 9.90 Å². The number of pyridine rings is 1. The number of aromatic nitrogens is 3. The first-order valence-corrected chi connectivity index (χ1v) is 10.2. The summed E-state index contributed by atoms with van der Waals surface area (Å²) in [5.41, 5.74) is 1.27. The Bertz CT molecular complexity index is 1000. The summed E-state index contributed by atoms with van der Waals surface area (Å²) in [6.45, 7) is 5.42. The van der Waals surface area contributed by atoms with Crippen LogP contribution < -0.4 is 5.32 Å². The Hall–Kier alpha value is -3.06. The van der Waals surface area contributed by atoms with Crippen molar-refractivity contribution in [3.63, 3.8) is 0 Å². The summed E-state index contributed by atoms with van der Waals surface area (Å²) < 4.78 is 2.06. The molecule has 1 aliphatic rings. The minimum absolute atomic E-state index is 0.301. The molecule has 0 radical (unpaired) electrons. The molecular formula is C23H28N4O3. The number of nitrogens with zero attached hydrogens (tertiary/aromatic N) is 3. The molecule has 1 aliphatic carbocycles. The van der Waals surface area contributed by atoms with Crippen LogP contribution in [0.25, 0.3) is 10.9 Å². The highest BCUT2D eigenvalue weighted by atomic mass is 16.3. The second-order valence-electron chi connectivity index (χ2n) is 8.09. The Morgan fingerprint density at radius 3 is 2.57 bits per heavy atom. The molecule has 0 unspecified atom stereocenters. The van der Waals surface area contributed by atoms with Gasteiger partial charge in [0.05, 0.1) is 17.2 Å². The number of nitrogens with one attached hydrogen (secondary N) is 1. The van der Waals surface area contributed by atoms with Gasteiger partial charge in [-0.15, -0.1) is 0 Å². The number of fused-ring (bicyclic) bond motifs is 1. The minimum Gasteiger partial charge on any atom is -0.386 e. The maximum absolute atomic E-state index is 12.6. The number of amides is 1. The van der Waals surface area contributed by atoms with E-state index in [0.29, 0.717) is 23.0 Å². The quantitative estimate of drug-likeness (QED) is 0.673. The maximum Gasteiger partial charge on any atom is 0.274 e. The zero-order valence-electron chi connectivity index (χ0n) is 17.5. The maximum atomic E-state index is 12.6. The van der Waals surface area contributed by atoms with Gasteiger partial charge in [-0.3, -0.25) is 14.5 Å². The highest BCUT2D eigenvalue weighted by molar-refractivity contribution is 6.04. The number of anilines is 1. The van der Waals surface area contributed by atoms with Gasteiger partial charge in [0.25, 0.3) is 5.91 Å². The molecule has 30 heavy (non-hydrogen) atoms. The van der Waals surface area contributed by atoms with Crippen molar-refractivity contribution in [3.05, 3.63) is 54.0 Å². The zero-order valence-corrected chi connectivity index (χ0v) is 17.5. The van der Waals surface area contributed by atoms with Crippen LogP contribution in [0.1, 0.15) is 68.0 Å². The molecular weight excluding hydrogens is 380 g/mol. The lowest BCUT2D eigenvalue weighted by atomic mass is 9.95. The Morgan fingerprint density at radius 1 is 1.20 bits per heavy atom. The Labute approximate surface area is 176 Å². The van der Waals surface area contributed by atoms with E-state index >= 15 is 0 Å². The van der Waals surface area contributed by atoms with E-state index in [2.05, 4.69) is 21.2 Å². The van der Waals surface area contributed by atoms with Crippen molar-refractivity contribution >= 4 is 29.3 Å². The van der Waals surface area contributed by atoms with E-state index in [1.165, 1.54) is 19.3 Å². The molecule has 2 N–H and O–H groups in total. The minimum atomic E-state index is -1.12. The van der Waals surface area contributed by atoms with Crippen LogP contribution in [0.3, 0.4) is 0 Å². The fourth-order valence-electron chi connectivity index (χ4n) is 3.92. The van der Waals surface area contributed by atoms with Crippen molar-refractivity contribution < 1.29 is 14.7 Å². The van der Waals surface area contributed by atoms with Gasteiger partial charge in [0, 0.05) is 29.0 Å². The summed E-state index contributed by atoms with van der Waals surface area (Å²) >= 11 is 0. The van der Waals surface area contributed by atoms with Crippen molar-refractivity contribution in [1.82, 2.24) is 14.8 Å². The summed E-state index contributed by atoms with van der Waals surface area (Å²) in [4.78, 5) is 24.7. The molecule has 7 heteroatoms. The zero-order chi connectivity index (χ0) is 21.7. The van der Waals surface area contributed by atoms with Crippen LogP contribution in [0, 0.1) is 0 Å². The first kappa shape index (κ1) is 21.6. The van der Waals surface area contributed by atoms with Gasteiger partial charge in [0.15, 0.2) is 0 Å². The standard InChI is InChI=1S/C22H26N4O2.CH2O/c1-22(2,28)17-13-19-15(14-26(25-19)16-8-4-3-5-9-16)12-20(17)24-21(27)18-10-6-7-11-23-18;1-2/h6-7,10-14,16,28H,3-5,8-9H2,1-2H3,(H,24,27);1H2. The largest absolute Gasteiger partial charge is 0.386 e. The molecule has 1 saturated carbocycles. The van der Waals surface area contributed by atoms with Crippen LogP contribution in [-0.4, -0.2) is 32.6 Å². The average Bonchev–Trinajstić information content (AvgIpc) is 3.18.